The molecular formula is C21H25N3OS. The van der Waals surface area contributed by atoms with E-state index >= 15 is 0 Å². The molecule has 1 aromatic heterocycles. The van der Waals surface area contributed by atoms with Crippen molar-refractivity contribution in [1.29, 1.82) is 5.26 Å². The number of nitriles is 1. The van der Waals surface area contributed by atoms with Crippen LogP contribution < -0.4 is 5.32 Å². The Kier molecular flexibility index (Phi) is 5.83. The van der Waals surface area contributed by atoms with Gasteiger partial charge in [0.05, 0.1) is 16.8 Å². The predicted molar refractivity (Wildman–Crippen MR) is 106 cm³/mol. The van der Waals surface area contributed by atoms with Gasteiger partial charge in [-0.3, -0.25) is 4.79 Å². The Labute approximate surface area is 159 Å². The molecule has 0 saturated heterocycles. The molecule has 2 aromatic rings. The zero-order valence-electron chi connectivity index (χ0n) is 15.6. The molecule has 1 fully saturated rings. The molecule has 5 heteroatoms. The van der Waals surface area contributed by atoms with E-state index < -0.39 is 0 Å². The maximum Gasteiger partial charge on any atom is 0.230 e. The van der Waals surface area contributed by atoms with Crippen LogP contribution in [0.2, 0.25) is 0 Å². The lowest BCUT2D eigenvalue weighted by Crippen LogP contribution is -2.41. The molecule has 26 heavy (non-hydrogen) atoms. The van der Waals surface area contributed by atoms with Gasteiger partial charge in [0.2, 0.25) is 5.91 Å². The van der Waals surface area contributed by atoms with Crippen LogP contribution in [0, 0.1) is 31.1 Å². The van der Waals surface area contributed by atoms with E-state index in [1.165, 1.54) is 31.0 Å². The highest BCUT2D eigenvalue weighted by Crippen LogP contribution is 2.28. The van der Waals surface area contributed by atoms with Crippen molar-refractivity contribution < 1.29 is 4.79 Å². The SMILES string of the molecule is Cc1ccc(C)c2nc(SCC(=O)N[C@@H]3CCCC[C@H]3C)c(C#N)cc12. The highest BCUT2D eigenvalue weighted by atomic mass is 32.2. The normalized spacial score (nSPS) is 19.9. The molecule has 1 N–H and O–H groups in total. The molecule has 0 unspecified atom stereocenters. The van der Waals surface area contributed by atoms with E-state index in [4.69, 9.17) is 4.98 Å². The van der Waals surface area contributed by atoms with E-state index in [0.717, 1.165) is 28.5 Å². The Morgan fingerprint density at radius 1 is 1.31 bits per heavy atom. The number of carbonyl (C=O) groups excluding carboxylic acids is 1. The van der Waals surface area contributed by atoms with Crippen LogP contribution in [-0.2, 0) is 4.79 Å². The number of thioether (sulfide) groups is 1. The first-order valence-electron chi connectivity index (χ1n) is 9.23. The zero-order chi connectivity index (χ0) is 18.7. The van der Waals surface area contributed by atoms with Gasteiger partial charge in [-0.05, 0) is 49.8 Å². The van der Waals surface area contributed by atoms with Crippen LogP contribution in [0.3, 0.4) is 0 Å². The number of nitrogens with one attached hydrogen (secondary N) is 1. The number of benzene rings is 1. The molecule has 4 nitrogen and oxygen atoms in total. The second-order valence-electron chi connectivity index (χ2n) is 7.27. The standard InChI is InChI=1S/C21H25N3OS/c1-13-8-9-15(3)20-17(13)10-16(11-22)21(24-20)26-12-19(25)23-18-7-5-4-6-14(18)2/h8-10,14,18H,4-7,12H2,1-3H3,(H,23,25)/t14-,18-/m1/s1. The molecule has 0 aliphatic heterocycles. The Morgan fingerprint density at radius 2 is 2.04 bits per heavy atom. The number of hydrogen-bond donors (Lipinski definition) is 1. The maximum absolute atomic E-state index is 12.4. The second kappa shape index (κ2) is 8.09. The van der Waals surface area contributed by atoms with Crippen molar-refractivity contribution in [2.45, 2.75) is 57.5 Å². The van der Waals surface area contributed by atoms with Crippen molar-refractivity contribution in [2.24, 2.45) is 5.92 Å². The molecule has 0 radical (unpaired) electrons. The van der Waals surface area contributed by atoms with Gasteiger partial charge in [0.1, 0.15) is 11.1 Å². The minimum atomic E-state index is 0.0282. The summed E-state index contributed by atoms with van der Waals surface area (Å²) in [6.45, 7) is 6.25. The molecule has 2 atom stereocenters. The van der Waals surface area contributed by atoms with Gasteiger partial charge in [-0.25, -0.2) is 4.98 Å². The van der Waals surface area contributed by atoms with Crippen molar-refractivity contribution in [3.05, 3.63) is 34.9 Å². The average molecular weight is 368 g/mol. The second-order valence-corrected chi connectivity index (χ2v) is 8.24. The highest BCUT2D eigenvalue weighted by Gasteiger charge is 2.23. The van der Waals surface area contributed by atoms with Gasteiger partial charge in [-0.15, -0.1) is 0 Å². The monoisotopic (exact) mass is 367 g/mol. The first kappa shape index (κ1) is 18.7. The fourth-order valence-corrected chi connectivity index (χ4v) is 4.39. The summed E-state index contributed by atoms with van der Waals surface area (Å²) < 4.78 is 0. The molecule has 1 heterocycles. The van der Waals surface area contributed by atoms with Crippen LogP contribution in [0.15, 0.2) is 23.2 Å². The van der Waals surface area contributed by atoms with Crippen LogP contribution in [0.1, 0.15) is 49.3 Å². The summed E-state index contributed by atoms with van der Waals surface area (Å²) >= 11 is 1.35. The number of nitrogens with zero attached hydrogens (tertiary/aromatic N) is 2. The fourth-order valence-electron chi connectivity index (χ4n) is 3.62. The molecule has 0 bridgehead atoms. The summed E-state index contributed by atoms with van der Waals surface area (Å²) in [5.41, 5.74) is 3.63. The third-order valence-corrected chi connectivity index (χ3v) is 6.28. The van der Waals surface area contributed by atoms with E-state index in [0.29, 0.717) is 22.3 Å². The van der Waals surface area contributed by atoms with Crippen molar-refractivity contribution >= 4 is 28.6 Å². The van der Waals surface area contributed by atoms with Gasteiger partial charge < -0.3 is 5.32 Å². The van der Waals surface area contributed by atoms with Crippen LogP contribution in [0.5, 0.6) is 0 Å². The van der Waals surface area contributed by atoms with E-state index in [-0.39, 0.29) is 11.9 Å². The molecule has 136 valence electrons. The number of hydrogen-bond acceptors (Lipinski definition) is 4. The number of amides is 1. The average Bonchev–Trinajstić information content (AvgIpc) is 2.64. The maximum atomic E-state index is 12.4. The Bertz CT molecular complexity index is 872. The van der Waals surface area contributed by atoms with Crippen LogP contribution in [-0.4, -0.2) is 22.7 Å². The largest absolute Gasteiger partial charge is 0.352 e. The van der Waals surface area contributed by atoms with E-state index in [9.17, 15) is 10.1 Å². The molecule has 3 rings (SSSR count). The van der Waals surface area contributed by atoms with Crippen LogP contribution >= 0.6 is 11.8 Å². The minimum Gasteiger partial charge on any atom is -0.352 e. The summed E-state index contributed by atoms with van der Waals surface area (Å²) in [5, 5.41) is 14.3. The quantitative estimate of drug-likeness (QED) is 0.808. The van der Waals surface area contributed by atoms with Crippen molar-refractivity contribution in [3.8, 4) is 6.07 Å². The number of carbonyl (C=O) groups is 1. The Balaban J connectivity index is 1.75. The Hall–Kier alpha value is -2.06. The summed E-state index contributed by atoms with van der Waals surface area (Å²) in [4.78, 5) is 17.1. The fraction of sp³-hybridized carbons (Fsp3) is 0.476. The minimum absolute atomic E-state index is 0.0282. The zero-order valence-corrected chi connectivity index (χ0v) is 16.4. The molecule has 1 amide bonds. The van der Waals surface area contributed by atoms with Gasteiger partial charge in [0, 0.05) is 11.4 Å². The third-order valence-electron chi connectivity index (χ3n) is 5.29. The van der Waals surface area contributed by atoms with E-state index in [2.05, 4.69) is 18.3 Å². The van der Waals surface area contributed by atoms with E-state index in [1.807, 2.05) is 32.0 Å². The number of rotatable bonds is 4. The third kappa shape index (κ3) is 4.02. The molecular weight excluding hydrogens is 342 g/mol. The topological polar surface area (TPSA) is 65.8 Å². The molecule has 1 aliphatic carbocycles. The molecule has 1 saturated carbocycles. The van der Waals surface area contributed by atoms with Crippen LogP contribution in [0.25, 0.3) is 10.9 Å². The van der Waals surface area contributed by atoms with Gasteiger partial charge >= 0.3 is 0 Å². The molecule has 1 aliphatic rings. The van der Waals surface area contributed by atoms with Crippen molar-refractivity contribution in [1.82, 2.24) is 10.3 Å². The lowest BCUT2D eigenvalue weighted by atomic mass is 9.86. The summed E-state index contributed by atoms with van der Waals surface area (Å²) in [5.74, 6) is 0.860. The summed E-state index contributed by atoms with van der Waals surface area (Å²) in [6.07, 6.45) is 4.69. The van der Waals surface area contributed by atoms with Gasteiger partial charge in [-0.2, -0.15) is 5.26 Å². The number of aryl methyl sites for hydroxylation is 2. The first-order chi connectivity index (χ1) is 12.5. The van der Waals surface area contributed by atoms with Gasteiger partial charge in [-0.1, -0.05) is 43.7 Å². The smallest absolute Gasteiger partial charge is 0.230 e. The van der Waals surface area contributed by atoms with Crippen molar-refractivity contribution in [3.63, 3.8) is 0 Å². The molecule has 1 aromatic carbocycles. The summed E-state index contributed by atoms with van der Waals surface area (Å²) in [6, 6.07) is 8.50. The Morgan fingerprint density at radius 3 is 2.77 bits per heavy atom. The number of aromatic nitrogens is 1. The lowest BCUT2D eigenvalue weighted by molar-refractivity contribution is -0.119. The first-order valence-corrected chi connectivity index (χ1v) is 10.2. The van der Waals surface area contributed by atoms with E-state index in [1.54, 1.807) is 0 Å². The highest BCUT2D eigenvalue weighted by molar-refractivity contribution is 8.00. The predicted octanol–water partition coefficient (Wildman–Crippen LogP) is 4.51. The number of fused-ring (bicyclic) bond motifs is 1. The molecule has 0 spiro atoms. The van der Waals surface area contributed by atoms with Gasteiger partial charge in [0.25, 0.3) is 0 Å². The lowest BCUT2D eigenvalue weighted by Gasteiger charge is -2.29. The van der Waals surface area contributed by atoms with Gasteiger partial charge in [0.15, 0.2) is 0 Å². The van der Waals surface area contributed by atoms with Crippen molar-refractivity contribution in [2.75, 3.05) is 5.75 Å². The number of pyridine rings is 1. The van der Waals surface area contributed by atoms with Crippen LogP contribution in [0.4, 0.5) is 0 Å². The summed E-state index contributed by atoms with van der Waals surface area (Å²) in [7, 11) is 0.